The van der Waals surface area contributed by atoms with Crippen molar-refractivity contribution in [2.24, 2.45) is 0 Å². The van der Waals surface area contributed by atoms with Crippen LogP contribution in [-0.2, 0) is 4.74 Å². The maximum atomic E-state index is 11.8. The van der Waals surface area contributed by atoms with E-state index in [2.05, 4.69) is 0 Å². The molecule has 0 saturated heterocycles. The highest BCUT2D eigenvalue weighted by Gasteiger charge is 2.20. The van der Waals surface area contributed by atoms with E-state index in [1.165, 1.54) is 4.90 Å². The average molecular weight is 237 g/mol. The van der Waals surface area contributed by atoms with E-state index < -0.39 is 5.60 Å². The van der Waals surface area contributed by atoms with Gasteiger partial charge in [0.25, 0.3) is 0 Å². The van der Waals surface area contributed by atoms with E-state index in [0.29, 0.717) is 5.75 Å². The largest absolute Gasteiger partial charge is 0.497 e. The number of amides is 1. The van der Waals surface area contributed by atoms with Gasteiger partial charge in [-0.2, -0.15) is 0 Å². The molecule has 0 bridgehead atoms. The fourth-order valence-electron chi connectivity index (χ4n) is 1.25. The van der Waals surface area contributed by atoms with Gasteiger partial charge in [0.1, 0.15) is 11.4 Å². The second-order valence-electron chi connectivity index (χ2n) is 4.74. The monoisotopic (exact) mass is 237 g/mol. The molecule has 4 heteroatoms. The van der Waals surface area contributed by atoms with Crippen LogP contribution in [0.25, 0.3) is 0 Å². The van der Waals surface area contributed by atoms with Crippen LogP contribution in [0.2, 0.25) is 0 Å². The minimum atomic E-state index is -0.496. The van der Waals surface area contributed by atoms with Crippen LogP contribution < -0.4 is 9.64 Å². The van der Waals surface area contributed by atoms with Gasteiger partial charge in [-0.05, 0) is 32.9 Å². The number of ether oxygens (including phenoxy) is 2. The molecule has 0 aliphatic heterocycles. The molecule has 1 amide bonds. The first-order chi connectivity index (χ1) is 7.83. The topological polar surface area (TPSA) is 38.8 Å². The van der Waals surface area contributed by atoms with Gasteiger partial charge >= 0.3 is 6.09 Å². The summed E-state index contributed by atoms with van der Waals surface area (Å²) in [5.74, 6) is 0.706. The number of rotatable bonds is 2. The SMILES string of the molecule is COc1cccc(N(C)C(=O)OC(C)(C)C)c1. The van der Waals surface area contributed by atoms with Crippen LogP contribution in [0.1, 0.15) is 20.8 Å². The second kappa shape index (κ2) is 5.08. The Labute approximate surface area is 102 Å². The summed E-state index contributed by atoms with van der Waals surface area (Å²) in [6.07, 6.45) is -0.384. The highest BCUT2D eigenvalue weighted by molar-refractivity contribution is 5.87. The number of hydrogen-bond acceptors (Lipinski definition) is 3. The van der Waals surface area contributed by atoms with E-state index in [4.69, 9.17) is 9.47 Å². The first-order valence-corrected chi connectivity index (χ1v) is 5.44. The first kappa shape index (κ1) is 13.4. The summed E-state index contributed by atoms with van der Waals surface area (Å²) >= 11 is 0. The zero-order valence-electron chi connectivity index (χ0n) is 11.0. The summed E-state index contributed by atoms with van der Waals surface area (Å²) < 4.78 is 10.4. The van der Waals surface area contributed by atoms with Crippen molar-refractivity contribution < 1.29 is 14.3 Å². The van der Waals surface area contributed by atoms with Gasteiger partial charge in [0, 0.05) is 13.1 Å². The lowest BCUT2D eigenvalue weighted by Gasteiger charge is -2.24. The van der Waals surface area contributed by atoms with Gasteiger partial charge in [0.2, 0.25) is 0 Å². The Hall–Kier alpha value is -1.71. The molecule has 0 aromatic heterocycles. The van der Waals surface area contributed by atoms with Crippen LogP contribution in [-0.4, -0.2) is 25.9 Å². The van der Waals surface area contributed by atoms with Crippen LogP contribution >= 0.6 is 0 Å². The van der Waals surface area contributed by atoms with E-state index in [0.717, 1.165) is 5.69 Å². The Bertz CT molecular complexity index is 396. The van der Waals surface area contributed by atoms with Crippen molar-refractivity contribution in [3.05, 3.63) is 24.3 Å². The number of hydrogen-bond donors (Lipinski definition) is 0. The molecule has 1 aromatic carbocycles. The molecule has 0 spiro atoms. The number of anilines is 1. The third-order valence-corrected chi connectivity index (χ3v) is 2.11. The quantitative estimate of drug-likeness (QED) is 0.793. The number of nitrogens with zero attached hydrogens (tertiary/aromatic N) is 1. The smallest absolute Gasteiger partial charge is 0.414 e. The predicted molar refractivity (Wildman–Crippen MR) is 67.6 cm³/mol. The molecule has 0 aliphatic carbocycles. The van der Waals surface area contributed by atoms with Gasteiger partial charge in [-0.1, -0.05) is 6.07 Å². The molecule has 0 fully saturated rings. The lowest BCUT2D eigenvalue weighted by Crippen LogP contribution is -2.34. The number of carbonyl (C=O) groups excluding carboxylic acids is 1. The number of carbonyl (C=O) groups is 1. The minimum absolute atomic E-state index is 0.384. The third kappa shape index (κ3) is 3.98. The molecule has 94 valence electrons. The summed E-state index contributed by atoms with van der Waals surface area (Å²) in [5, 5.41) is 0. The molecule has 0 radical (unpaired) electrons. The summed E-state index contributed by atoms with van der Waals surface area (Å²) in [6.45, 7) is 5.51. The number of benzene rings is 1. The van der Waals surface area contributed by atoms with Gasteiger partial charge in [-0.15, -0.1) is 0 Å². The molecule has 1 rings (SSSR count). The third-order valence-electron chi connectivity index (χ3n) is 2.11. The van der Waals surface area contributed by atoms with Gasteiger partial charge in [-0.25, -0.2) is 4.79 Å². The Morgan fingerprint density at radius 2 is 1.94 bits per heavy atom. The van der Waals surface area contributed by atoms with Crippen molar-refractivity contribution in [3.8, 4) is 5.75 Å². The molecule has 1 aromatic rings. The molecular formula is C13H19NO3. The molecule has 0 atom stereocenters. The highest BCUT2D eigenvalue weighted by Crippen LogP contribution is 2.21. The van der Waals surface area contributed by atoms with Gasteiger partial charge in [0.05, 0.1) is 12.8 Å². The molecule has 0 aliphatic rings. The van der Waals surface area contributed by atoms with Crippen molar-refractivity contribution in [2.45, 2.75) is 26.4 Å². The maximum Gasteiger partial charge on any atom is 0.414 e. The van der Waals surface area contributed by atoms with E-state index in [1.807, 2.05) is 39.0 Å². The lowest BCUT2D eigenvalue weighted by atomic mass is 10.2. The molecular weight excluding hydrogens is 218 g/mol. The van der Waals surface area contributed by atoms with Gasteiger partial charge < -0.3 is 9.47 Å². The molecule has 0 N–H and O–H groups in total. The Morgan fingerprint density at radius 1 is 1.29 bits per heavy atom. The lowest BCUT2D eigenvalue weighted by molar-refractivity contribution is 0.0589. The first-order valence-electron chi connectivity index (χ1n) is 5.44. The van der Waals surface area contributed by atoms with E-state index in [1.54, 1.807) is 20.2 Å². The Balaban J connectivity index is 2.81. The average Bonchev–Trinajstić information content (AvgIpc) is 2.26. The summed E-state index contributed by atoms with van der Waals surface area (Å²) in [5.41, 5.74) is 0.239. The summed E-state index contributed by atoms with van der Waals surface area (Å²) in [7, 11) is 3.26. The van der Waals surface area contributed by atoms with E-state index in [9.17, 15) is 4.79 Å². The van der Waals surface area contributed by atoms with Crippen molar-refractivity contribution in [1.82, 2.24) is 0 Å². The molecule has 0 heterocycles. The highest BCUT2D eigenvalue weighted by atomic mass is 16.6. The Kier molecular flexibility index (Phi) is 3.99. The van der Waals surface area contributed by atoms with Crippen LogP contribution in [0.3, 0.4) is 0 Å². The molecule has 17 heavy (non-hydrogen) atoms. The van der Waals surface area contributed by atoms with Crippen LogP contribution in [0, 0.1) is 0 Å². The van der Waals surface area contributed by atoms with Crippen molar-refractivity contribution in [3.63, 3.8) is 0 Å². The van der Waals surface area contributed by atoms with Crippen molar-refractivity contribution >= 4 is 11.8 Å². The van der Waals surface area contributed by atoms with E-state index in [-0.39, 0.29) is 6.09 Å². The summed E-state index contributed by atoms with van der Waals surface area (Å²) in [4.78, 5) is 13.3. The predicted octanol–water partition coefficient (Wildman–Crippen LogP) is 3.07. The zero-order valence-corrected chi connectivity index (χ0v) is 11.0. The Morgan fingerprint density at radius 3 is 2.47 bits per heavy atom. The molecule has 0 saturated carbocycles. The fraction of sp³-hybridized carbons (Fsp3) is 0.462. The van der Waals surface area contributed by atoms with E-state index >= 15 is 0 Å². The summed E-state index contributed by atoms with van der Waals surface area (Å²) in [6, 6.07) is 7.26. The van der Waals surface area contributed by atoms with Gasteiger partial charge in [-0.3, -0.25) is 4.90 Å². The van der Waals surface area contributed by atoms with Gasteiger partial charge in [0.15, 0.2) is 0 Å². The minimum Gasteiger partial charge on any atom is -0.497 e. The number of methoxy groups -OCH3 is 1. The van der Waals surface area contributed by atoms with Crippen molar-refractivity contribution in [1.29, 1.82) is 0 Å². The van der Waals surface area contributed by atoms with Crippen LogP contribution in [0.4, 0.5) is 10.5 Å². The second-order valence-corrected chi connectivity index (χ2v) is 4.74. The molecule has 0 unspecified atom stereocenters. The van der Waals surface area contributed by atoms with Crippen molar-refractivity contribution in [2.75, 3.05) is 19.1 Å². The van der Waals surface area contributed by atoms with Crippen LogP contribution in [0.5, 0.6) is 5.75 Å². The maximum absolute atomic E-state index is 11.8. The standard InChI is InChI=1S/C13H19NO3/c1-13(2,3)17-12(15)14(4)10-7-6-8-11(9-10)16-5/h6-9H,1-5H3. The molecule has 4 nitrogen and oxygen atoms in total. The van der Waals surface area contributed by atoms with Crippen LogP contribution in [0.15, 0.2) is 24.3 Å². The normalized spacial score (nSPS) is 10.9. The fourth-order valence-corrected chi connectivity index (χ4v) is 1.25. The zero-order chi connectivity index (χ0) is 13.1.